The molecule has 1 aromatic carbocycles. The Morgan fingerprint density at radius 2 is 2.00 bits per heavy atom. The van der Waals surface area contributed by atoms with E-state index < -0.39 is 17.6 Å². The number of benzene rings is 1. The Morgan fingerprint density at radius 3 is 2.65 bits per heavy atom. The molecule has 1 aromatic rings. The zero-order valence-electron chi connectivity index (χ0n) is 13.9. The van der Waals surface area contributed by atoms with Gasteiger partial charge < -0.3 is 4.74 Å². The highest BCUT2D eigenvalue weighted by Crippen LogP contribution is 2.35. The Kier molecular flexibility index (Phi) is 5.91. The summed E-state index contributed by atoms with van der Waals surface area (Å²) >= 11 is 0. The molecule has 23 heavy (non-hydrogen) atoms. The van der Waals surface area contributed by atoms with E-state index in [0.29, 0.717) is 23.3 Å². The van der Waals surface area contributed by atoms with Crippen LogP contribution in [0.2, 0.25) is 0 Å². The van der Waals surface area contributed by atoms with Crippen LogP contribution < -0.4 is 0 Å². The van der Waals surface area contributed by atoms with Gasteiger partial charge in [0.05, 0.1) is 0 Å². The van der Waals surface area contributed by atoms with E-state index in [2.05, 4.69) is 20.8 Å². The molecule has 0 N–H and O–H groups in total. The number of halogens is 2. The molecule has 0 radical (unpaired) electrons. The van der Waals surface area contributed by atoms with Crippen molar-refractivity contribution in [3.63, 3.8) is 0 Å². The van der Waals surface area contributed by atoms with Crippen LogP contribution in [-0.4, -0.2) is 12.1 Å². The monoisotopic (exact) mass is 322 g/mol. The molecule has 0 heterocycles. The molecule has 4 heteroatoms. The maximum Gasteiger partial charge on any atom is 0.331 e. The molecule has 1 aliphatic rings. The van der Waals surface area contributed by atoms with Gasteiger partial charge in [0.2, 0.25) is 0 Å². The number of hydrogen-bond donors (Lipinski definition) is 0. The highest BCUT2D eigenvalue weighted by molar-refractivity contribution is 5.87. The molecule has 0 aliphatic heterocycles. The molecular formula is C19H24F2O2. The van der Waals surface area contributed by atoms with Crippen LogP contribution in [0.3, 0.4) is 0 Å². The smallest absolute Gasteiger partial charge is 0.331 e. The van der Waals surface area contributed by atoms with Crippen molar-refractivity contribution < 1.29 is 18.3 Å². The molecule has 3 atom stereocenters. The maximum atomic E-state index is 13.1. The van der Waals surface area contributed by atoms with E-state index in [1.807, 2.05) is 0 Å². The third kappa shape index (κ3) is 4.88. The van der Waals surface area contributed by atoms with Crippen LogP contribution in [0.5, 0.6) is 0 Å². The van der Waals surface area contributed by atoms with Crippen LogP contribution >= 0.6 is 0 Å². The average molecular weight is 322 g/mol. The van der Waals surface area contributed by atoms with Crippen molar-refractivity contribution in [3.8, 4) is 0 Å². The minimum absolute atomic E-state index is 0.0687. The summed E-state index contributed by atoms with van der Waals surface area (Å²) in [6.07, 6.45) is 5.78. The van der Waals surface area contributed by atoms with Gasteiger partial charge in [-0.05, 0) is 54.4 Å². The normalized spacial score (nSPS) is 25.0. The first kappa shape index (κ1) is 17.6. The van der Waals surface area contributed by atoms with Gasteiger partial charge in [0, 0.05) is 6.08 Å². The van der Waals surface area contributed by atoms with Crippen molar-refractivity contribution in [2.45, 2.75) is 46.1 Å². The number of carbonyl (C=O) groups excluding carboxylic acids is 1. The zero-order valence-corrected chi connectivity index (χ0v) is 13.9. The Labute approximate surface area is 136 Å². The SMILES string of the molecule is CC1CC[C@@H](C(C)C)[C@H](OC(=O)/C=C/c2ccc(F)c(F)c2)C1. The van der Waals surface area contributed by atoms with Crippen LogP contribution in [0.1, 0.15) is 45.6 Å². The molecule has 0 saturated heterocycles. The standard InChI is InChI=1S/C19H24F2O2/c1-12(2)15-7-4-13(3)10-18(15)23-19(22)9-6-14-5-8-16(20)17(21)11-14/h5-6,8-9,11-13,15,18H,4,7,10H2,1-3H3/b9-6+/t13?,15-,18+/m0/s1. The summed E-state index contributed by atoms with van der Waals surface area (Å²) in [5.74, 6) is -0.859. The fraction of sp³-hybridized carbons (Fsp3) is 0.526. The third-order valence-corrected chi connectivity index (χ3v) is 4.58. The van der Waals surface area contributed by atoms with Crippen molar-refractivity contribution >= 4 is 12.0 Å². The Morgan fingerprint density at radius 1 is 1.26 bits per heavy atom. The number of hydrogen-bond acceptors (Lipinski definition) is 2. The lowest BCUT2D eigenvalue weighted by Crippen LogP contribution is -2.35. The van der Waals surface area contributed by atoms with Crippen LogP contribution in [0, 0.1) is 29.4 Å². The van der Waals surface area contributed by atoms with Gasteiger partial charge in [0.15, 0.2) is 11.6 Å². The number of carbonyl (C=O) groups is 1. The maximum absolute atomic E-state index is 13.1. The minimum Gasteiger partial charge on any atom is -0.459 e. The lowest BCUT2D eigenvalue weighted by atomic mass is 9.75. The lowest BCUT2D eigenvalue weighted by Gasteiger charge is -2.36. The molecule has 2 nitrogen and oxygen atoms in total. The zero-order chi connectivity index (χ0) is 17.0. The first-order chi connectivity index (χ1) is 10.9. The molecule has 1 saturated carbocycles. The number of rotatable bonds is 4. The largest absolute Gasteiger partial charge is 0.459 e. The van der Waals surface area contributed by atoms with Crippen molar-refractivity contribution in [3.05, 3.63) is 41.5 Å². The van der Waals surface area contributed by atoms with Gasteiger partial charge in [0.25, 0.3) is 0 Å². The molecule has 1 unspecified atom stereocenters. The van der Waals surface area contributed by atoms with E-state index >= 15 is 0 Å². The molecule has 0 spiro atoms. The first-order valence-corrected chi connectivity index (χ1v) is 8.20. The molecular weight excluding hydrogens is 298 g/mol. The van der Waals surface area contributed by atoms with Gasteiger partial charge >= 0.3 is 5.97 Å². The van der Waals surface area contributed by atoms with Gasteiger partial charge in [0.1, 0.15) is 6.10 Å². The summed E-state index contributed by atoms with van der Waals surface area (Å²) in [7, 11) is 0. The summed E-state index contributed by atoms with van der Waals surface area (Å²) < 4.78 is 31.6. The van der Waals surface area contributed by atoms with Crippen molar-refractivity contribution in [1.29, 1.82) is 0 Å². The van der Waals surface area contributed by atoms with E-state index in [1.165, 1.54) is 24.6 Å². The molecule has 126 valence electrons. The molecule has 0 amide bonds. The van der Waals surface area contributed by atoms with Crippen LogP contribution in [0.15, 0.2) is 24.3 Å². The lowest BCUT2D eigenvalue weighted by molar-refractivity contribution is -0.149. The van der Waals surface area contributed by atoms with E-state index in [0.717, 1.165) is 25.0 Å². The minimum atomic E-state index is -0.929. The predicted octanol–water partition coefficient (Wildman–Crippen LogP) is 4.98. The highest BCUT2D eigenvalue weighted by atomic mass is 19.2. The van der Waals surface area contributed by atoms with E-state index in [-0.39, 0.29) is 6.10 Å². The van der Waals surface area contributed by atoms with E-state index in [1.54, 1.807) is 0 Å². The van der Waals surface area contributed by atoms with E-state index in [9.17, 15) is 13.6 Å². The summed E-state index contributed by atoms with van der Waals surface area (Å²) in [5.41, 5.74) is 0.429. The van der Waals surface area contributed by atoms with Crippen LogP contribution in [0.4, 0.5) is 8.78 Å². The van der Waals surface area contributed by atoms with Crippen molar-refractivity contribution in [2.24, 2.45) is 17.8 Å². The first-order valence-electron chi connectivity index (χ1n) is 8.20. The summed E-state index contributed by atoms with van der Waals surface area (Å²) in [6.45, 7) is 6.48. The Hall–Kier alpha value is -1.71. The van der Waals surface area contributed by atoms with Crippen molar-refractivity contribution in [1.82, 2.24) is 0 Å². The second-order valence-electron chi connectivity index (χ2n) is 6.81. The molecule has 2 rings (SSSR count). The third-order valence-electron chi connectivity index (χ3n) is 4.58. The van der Waals surface area contributed by atoms with Gasteiger partial charge in [-0.15, -0.1) is 0 Å². The fourth-order valence-electron chi connectivity index (χ4n) is 3.22. The van der Waals surface area contributed by atoms with Gasteiger partial charge in [-0.2, -0.15) is 0 Å². The molecule has 1 fully saturated rings. The predicted molar refractivity (Wildman–Crippen MR) is 86.6 cm³/mol. The summed E-state index contributed by atoms with van der Waals surface area (Å²) in [4.78, 5) is 12.0. The topological polar surface area (TPSA) is 26.3 Å². The van der Waals surface area contributed by atoms with Crippen molar-refractivity contribution in [2.75, 3.05) is 0 Å². The molecule has 0 aromatic heterocycles. The average Bonchev–Trinajstić information content (AvgIpc) is 2.48. The quantitative estimate of drug-likeness (QED) is 0.577. The van der Waals surface area contributed by atoms with Crippen LogP contribution in [0.25, 0.3) is 6.08 Å². The van der Waals surface area contributed by atoms with Crippen LogP contribution in [-0.2, 0) is 9.53 Å². The molecule has 1 aliphatic carbocycles. The fourth-order valence-corrected chi connectivity index (χ4v) is 3.22. The molecule has 0 bridgehead atoms. The van der Waals surface area contributed by atoms with Gasteiger partial charge in [-0.25, -0.2) is 13.6 Å². The number of esters is 1. The van der Waals surface area contributed by atoms with Gasteiger partial charge in [-0.3, -0.25) is 0 Å². The van der Waals surface area contributed by atoms with E-state index in [4.69, 9.17) is 4.74 Å². The second-order valence-corrected chi connectivity index (χ2v) is 6.81. The Bertz CT molecular complexity index is 581. The summed E-state index contributed by atoms with van der Waals surface area (Å²) in [5, 5.41) is 0. The number of ether oxygens (including phenoxy) is 1. The van der Waals surface area contributed by atoms with Gasteiger partial charge in [-0.1, -0.05) is 33.3 Å². The highest BCUT2D eigenvalue weighted by Gasteiger charge is 2.32. The second kappa shape index (κ2) is 7.71. The summed E-state index contributed by atoms with van der Waals surface area (Å²) in [6, 6.07) is 3.51. The Balaban J connectivity index is 1.99.